The zero-order chi connectivity index (χ0) is 13.2. The SMILES string of the molecule is Cc1ccc(C)c(C(=O)CN(C)C)c1C(=O)O. The molecule has 1 aromatic carbocycles. The van der Waals surface area contributed by atoms with E-state index >= 15 is 0 Å². The highest BCUT2D eigenvalue weighted by Crippen LogP contribution is 2.19. The fraction of sp³-hybridized carbons (Fsp3) is 0.385. The Bertz CT molecular complexity index is 464. The van der Waals surface area contributed by atoms with Crippen molar-refractivity contribution >= 4 is 11.8 Å². The largest absolute Gasteiger partial charge is 0.478 e. The molecular weight excluding hydrogens is 218 g/mol. The normalized spacial score (nSPS) is 10.6. The standard InChI is InChI=1S/C13H17NO3/c1-8-5-6-9(2)12(13(16)17)11(8)10(15)7-14(3)4/h5-6H,7H2,1-4H3,(H,16,17). The Labute approximate surface area is 101 Å². The first-order valence-electron chi connectivity index (χ1n) is 5.36. The van der Waals surface area contributed by atoms with Gasteiger partial charge in [0.2, 0.25) is 0 Å². The Morgan fingerprint density at radius 3 is 2.00 bits per heavy atom. The lowest BCUT2D eigenvalue weighted by molar-refractivity contribution is 0.0690. The van der Waals surface area contributed by atoms with Gasteiger partial charge >= 0.3 is 5.97 Å². The molecule has 0 aromatic heterocycles. The predicted octanol–water partition coefficient (Wildman–Crippen LogP) is 1.75. The minimum absolute atomic E-state index is 0.122. The van der Waals surface area contributed by atoms with E-state index in [4.69, 9.17) is 0 Å². The maximum absolute atomic E-state index is 12.0. The van der Waals surface area contributed by atoms with Gasteiger partial charge in [0, 0.05) is 5.56 Å². The van der Waals surface area contributed by atoms with Crippen molar-refractivity contribution in [1.29, 1.82) is 0 Å². The minimum Gasteiger partial charge on any atom is -0.478 e. The predicted molar refractivity (Wildman–Crippen MR) is 65.8 cm³/mol. The molecule has 1 rings (SSSR count). The molecule has 0 atom stereocenters. The average molecular weight is 235 g/mol. The van der Waals surface area contributed by atoms with Gasteiger partial charge in [0.25, 0.3) is 0 Å². The molecule has 0 aliphatic carbocycles. The van der Waals surface area contributed by atoms with E-state index < -0.39 is 5.97 Å². The van der Waals surface area contributed by atoms with Crippen molar-refractivity contribution in [3.05, 3.63) is 34.4 Å². The lowest BCUT2D eigenvalue weighted by atomic mass is 9.94. The Hall–Kier alpha value is -1.68. The maximum Gasteiger partial charge on any atom is 0.336 e. The van der Waals surface area contributed by atoms with Crippen LogP contribution in [0.4, 0.5) is 0 Å². The van der Waals surface area contributed by atoms with Crippen molar-refractivity contribution < 1.29 is 14.7 Å². The van der Waals surface area contributed by atoms with Crippen molar-refractivity contribution in [2.45, 2.75) is 13.8 Å². The summed E-state index contributed by atoms with van der Waals surface area (Å²) < 4.78 is 0. The number of carboxylic acids is 1. The molecule has 0 bridgehead atoms. The van der Waals surface area contributed by atoms with Crippen LogP contribution in [0.2, 0.25) is 0 Å². The van der Waals surface area contributed by atoms with E-state index in [0.717, 1.165) is 0 Å². The number of carbonyl (C=O) groups excluding carboxylic acids is 1. The third-order valence-corrected chi connectivity index (χ3v) is 2.57. The van der Waals surface area contributed by atoms with Crippen LogP contribution in [0.5, 0.6) is 0 Å². The molecule has 0 amide bonds. The molecule has 4 nitrogen and oxygen atoms in total. The maximum atomic E-state index is 12.0. The zero-order valence-corrected chi connectivity index (χ0v) is 10.6. The fourth-order valence-corrected chi connectivity index (χ4v) is 1.81. The lowest BCUT2D eigenvalue weighted by Gasteiger charge is -2.14. The molecule has 92 valence electrons. The number of likely N-dealkylation sites (N-methyl/N-ethyl adjacent to an activating group) is 1. The summed E-state index contributed by atoms with van der Waals surface area (Å²) in [7, 11) is 3.56. The molecule has 0 fully saturated rings. The Kier molecular flexibility index (Phi) is 4.02. The molecule has 0 saturated heterocycles. The molecule has 4 heteroatoms. The number of hydrogen-bond acceptors (Lipinski definition) is 3. The topological polar surface area (TPSA) is 57.6 Å². The summed E-state index contributed by atoms with van der Waals surface area (Å²) in [6, 6.07) is 3.51. The summed E-state index contributed by atoms with van der Waals surface area (Å²) in [5.74, 6) is -1.21. The van der Waals surface area contributed by atoms with E-state index in [9.17, 15) is 14.7 Å². The number of carboxylic acid groups (broad SMARTS) is 1. The molecule has 0 spiro atoms. The third kappa shape index (κ3) is 2.91. The van der Waals surface area contributed by atoms with Gasteiger partial charge in [0.05, 0.1) is 12.1 Å². The van der Waals surface area contributed by atoms with Crippen LogP contribution in [-0.4, -0.2) is 42.4 Å². The van der Waals surface area contributed by atoms with E-state index in [1.807, 2.05) is 0 Å². The molecule has 1 aromatic rings. The highest BCUT2D eigenvalue weighted by molar-refractivity contribution is 6.08. The summed E-state index contributed by atoms with van der Waals surface area (Å²) in [5.41, 5.74) is 1.77. The summed E-state index contributed by atoms with van der Waals surface area (Å²) in [6.07, 6.45) is 0. The first-order valence-corrected chi connectivity index (χ1v) is 5.36. The quantitative estimate of drug-likeness (QED) is 0.808. The van der Waals surface area contributed by atoms with Gasteiger partial charge in [-0.2, -0.15) is 0 Å². The summed E-state index contributed by atoms with van der Waals surface area (Å²) in [4.78, 5) is 25.0. The number of nitrogens with zero attached hydrogens (tertiary/aromatic N) is 1. The molecule has 0 unspecified atom stereocenters. The fourth-order valence-electron chi connectivity index (χ4n) is 1.81. The third-order valence-electron chi connectivity index (χ3n) is 2.57. The van der Waals surface area contributed by atoms with Crippen LogP contribution in [0.3, 0.4) is 0 Å². The highest BCUT2D eigenvalue weighted by Gasteiger charge is 2.21. The van der Waals surface area contributed by atoms with Crippen LogP contribution in [0.25, 0.3) is 0 Å². The number of Topliss-reactive ketones (excluding diaryl/α,β-unsaturated/α-hetero) is 1. The molecule has 0 saturated carbocycles. The van der Waals surface area contributed by atoms with Gasteiger partial charge < -0.3 is 10.0 Å². The van der Waals surface area contributed by atoms with Gasteiger partial charge in [-0.3, -0.25) is 4.79 Å². The van der Waals surface area contributed by atoms with Crippen molar-refractivity contribution in [3.63, 3.8) is 0 Å². The minimum atomic E-state index is -1.05. The average Bonchev–Trinajstić information content (AvgIpc) is 2.19. The molecular formula is C13H17NO3. The van der Waals surface area contributed by atoms with Crippen LogP contribution in [0.1, 0.15) is 31.8 Å². The van der Waals surface area contributed by atoms with Crippen molar-refractivity contribution in [1.82, 2.24) is 4.90 Å². The van der Waals surface area contributed by atoms with Crippen LogP contribution < -0.4 is 0 Å². The number of benzene rings is 1. The van der Waals surface area contributed by atoms with Gasteiger partial charge in [-0.25, -0.2) is 4.79 Å². The van der Waals surface area contributed by atoms with Gasteiger partial charge in [-0.15, -0.1) is 0 Å². The molecule has 0 radical (unpaired) electrons. The highest BCUT2D eigenvalue weighted by atomic mass is 16.4. The van der Waals surface area contributed by atoms with E-state index in [0.29, 0.717) is 16.7 Å². The molecule has 0 aliphatic rings. The van der Waals surface area contributed by atoms with Crippen LogP contribution in [0.15, 0.2) is 12.1 Å². The second-order valence-corrected chi connectivity index (χ2v) is 4.42. The van der Waals surface area contributed by atoms with Crippen LogP contribution >= 0.6 is 0 Å². The second-order valence-electron chi connectivity index (χ2n) is 4.42. The smallest absolute Gasteiger partial charge is 0.336 e. The number of hydrogen-bond donors (Lipinski definition) is 1. The van der Waals surface area contributed by atoms with Gasteiger partial charge in [-0.1, -0.05) is 12.1 Å². The monoisotopic (exact) mass is 235 g/mol. The Morgan fingerprint density at radius 1 is 1.12 bits per heavy atom. The number of aromatic carboxylic acids is 1. The van der Waals surface area contributed by atoms with Crippen molar-refractivity contribution in [3.8, 4) is 0 Å². The van der Waals surface area contributed by atoms with Gasteiger partial charge in [0.1, 0.15) is 0 Å². The Morgan fingerprint density at radius 2 is 1.59 bits per heavy atom. The van der Waals surface area contributed by atoms with E-state index in [2.05, 4.69) is 0 Å². The number of carbonyl (C=O) groups is 2. The number of rotatable bonds is 4. The summed E-state index contributed by atoms with van der Waals surface area (Å²) >= 11 is 0. The molecule has 1 N–H and O–H groups in total. The molecule has 0 aliphatic heterocycles. The summed E-state index contributed by atoms with van der Waals surface area (Å²) in [6.45, 7) is 3.68. The number of aryl methyl sites for hydroxylation is 2. The van der Waals surface area contributed by atoms with Gasteiger partial charge in [-0.05, 0) is 39.1 Å². The zero-order valence-electron chi connectivity index (χ0n) is 10.6. The second kappa shape index (κ2) is 5.10. The first-order chi connectivity index (χ1) is 7.84. The van der Waals surface area contributed by atoms with Crippen molar-refractivity contribution in [2.75, 3.05) is 20.6 Å². The molecule has 17 heavy (non-hydrogen) atoms. The van der Waals surface area contributed by atoms with Crippen LogP contribution in [0, 0.1) is 13.8 Å². The van der Waals surface area contributed by atoms with E-state index in [-0.39, 0.29) is 17.9 Å². The van der Waals surface area contributed by atoms with Crippen molar-refractivity contribution in [2.24, 2.45) is 0 Å². The van der Waals surface area contributed by atoms with Gasteiger partial charge in [0.15, 0.2) is 5.78 Å². The first kappa shape index (κ1) is 13.4. The van der Waals surface area contributed by atoms with Crippen LogP contribution in [-0.2, 0) is 0 Å². The molecule has 0 heterocycles. The Balaban J connectivity index is 3.35. The lowest BCUT2D eigenvalue weighted by Crippen LogP contribution is -2.24. The summed E-state index contributed by atoms with van der Waals surface area (Å²) in [5, 5.41) is 9.19. The van der Waals surface area contributed by atoms with E-state index in [1.165, 1.54) is 0 Å². The number of ketones is 1. The van der Waals surface area contributed by atoms with E-state index in [1.54, 1.807) is 45.0 Å².